The summed E-state index contributed by atoms with van der Waals surface area (Å²) in [6, 6.07) is 7.33. The van der Waals surface area contributed by atoms with Crippen LogP contribution in [0, 0.1) is 11.3 Å². The van der Waals surface area contributed by atoms with Crippen LogP contribution < -0.4 is 14.9 Å². The van der Waals surface area contributed by atoms with Crippen LogP contribution in [0.1, 0.15) is 19.4 Å². The number of carbonyl (C=O) groups is 3. The number of sulfonamides is 1. The van der Waals surface area contributed by atoms with E-state index in [1.165, 1.54) is 18.7 Å². The number of rotatable bonds is 9. The standard InChI is InChI=1S/C19H25N5O6S/c1-13(2)31(29,30)22-16(19(27)28)10-21-17(25)11-24-8-7-23(12-18(24)26)15-5-3-14(9-20)4-6-15/h3-6,13,16,22H,7-8,10-12H2,1-2H3,(H,21,25)(H,27,28)/t16-/m0/s1. The molecule has 2 amide bonds. The normalized spacial score (nSPS) is 15.5. The highest BCUT2D eigenvalue weighted by Gasteiger charge is 2.28. The van der Waals surface area contributed by atoms with Crippen LogP contribution in [0.5, 0.6) is 0 Å². The van der Waals surface area contributed by atoms with Crippen molar-refractivity contribution in [3.63, 3.8) is 0 Å². The molecule has 0 radical (unpaired) electrons. The van der Waals surface area contributed by atoms with Crippen LogP contribution in [-0.4, -0.2) is 80.2 Å². The van der Waals surface area contributed by atoms with Gasteiger partial charge in [0.05, 0.1) is 30.0 Å². The fourth-order valence-electron chi connectivity index (χ4n) is 2.80. The van der Waals surface area contributed by atoms with Gasteiger partial charge in [0.15, 0.2) is 0 Å². The zero-order valence-corrected chi connectivity index (χ0v) is 18.1. The lowest BCUT2D eigenvalue weighted by atomic mass is 10.2. The predicted molar refractivity (Wildman–Crippen MR) is 112 cm³/mol. The molecule has 1 aliphatic rings. The predicted octanol–water partition coefficient (Wildman–Crippen LogP) is -0.896. The maximum Gasteiger partial charge on any atom is 0.323 e. The lowest BCUT2D eigenvalue weighted by molar-refractivity contribution is -0.139. The Hall–Kier alpha value is -3.17. The molecule has 0 aliphatic carbocycles. The zero-order chi connectivity index (χ0) is 23.2. The van der Waals surface area contributed by atoms with Gasteiger partial charge in [-0.25, -0.2) is 8.42 Å². The van der Waals surface area contributed by atoms with Crippen LogP contribution in [-0.2, 0) is 24.4 Å². The molecule has 0 saturated carbocycles. The molecule has 11 nitrogen and oxygen atoms in total. The van der Waals surface area contributed by atoms with E-state index in [4.69, 9.17) is 5.26 Å². The summed E-state index contributed by atoms with van der Waals surface area (Å²) in [6.45, 7) is 2.94. The van der Waals surface area contributed by atoms with Crippen molar-refractivity contribution >= 4 is 33.5 Å². The number of hydrogen-bond acceptors (Lipinski definition) is 7. The molecule has 1 aromatic rings. The quantitative estimate of drug-likeness (QED) is 0.436. The second-order valence-corrected chi connectivity index (χ2v) is 9.57. The molecule has 1 heterocycles. The number of benzene rings is 1. The summed E-state index contributed by atoms with van der Waals surface area (Å²) >= 11 is 0. The average Bonchev–Trinajstić information content (AvgIpc) is 2.72. The Bertz CT molecular complexity index is 970. The van der Waals surface area contributed by atoms with Crippen molar-refractivity contribution in [2.45, 2.75) is 25.1 Å². The minimum atomic E-state index is -3.83. The monoisotopic (exact) mass is 451 g/mol. The summed E-state index contributed by atoms with van der Waals surface area (Å²) in [5.74, 6) is -2.28. The van der Waals surface area contributed by atoms with Crippen molar-refractivity contribution in [3.05, 3.63) is 29.8 Å². The lowest BCUT2D eigenvalue weighted by Crippen LogP contribution is -2.54. The highest BCUT2D eigenvalue weighted by atomic mass is 32.2. The van der Waals surface area contributed by atoms with Crippen LogP contribution in [0.15, 0.2) is 24.3 Å². The number of aliphatic carboxylic acids is 1. The van der Waals surface area contributed by atoms with Crippen molar-refractivity contribution < 1.29 is 27.9 Å². The Morgan fingerprint density at radius 1 is 1.23 bits per heavy atom. The molecule has 3 N–H and O–H groups in total. The summed E-state index contributed by atoms with van der Waals surface area (Å²) < 4.78 is 25.8. The molecule has 12 heteroatoms. The van der Waals surface area contributed by atoms with Crippen LogP contribution in [0.2, 0.25) is 0 Å². The first-order valence-corrected chi connectivity index (χ1v) is 11.1. The maximum absolute atomic E-state index is 12.4. The molecule has 1 aromatic carbocycles. The van der Waals surface area contributed by atoms with Gasteiger partial charge in [-0.1, -0.05) is 0 Å². The van der Waals surface area contributed by atoms with E-state index >= 15 is 0 Å². The first kappa shape index (κ1) is 24.1. The average molecular weight is 452 g/mol. The molecular weight excluding hydrogens is 426 g/mol. The number of hydrogen-bond donors (Lipinski definition) is 3. The van der Waals surface area contributed by atoms with Crippen molar-refractivity contribution in [3.8, 4) is 6.07 Å². The summed E-state index contributed by atoms with van der Waals surface area (Å²) in [7, 11) is -3.83. The number of nitrogens with one attached hydrogen (secondary N) is 2. The van der Waals surface area contributed by atoms with E-state index in [9.17, 15) is 27.9 Å². The van der Waals surface area contributed by atoms with E-state index in [0.717, 1.165) is 5.69 Å². The Morgan fingerprint density at radius 2 is 1.87 bits per heavy atom. The number of amides is 2. The minimum Gasteiger partial charge on any atom is -0.480 e. The van der Waals surface area contributed by atoms with Crippen molar-refractivity contribution in [2.24, 2.45) is 0 Å². The SMILES string of the molecule is CC(C)S(=O)(=O)N[C@@H](CNC(=O)CN1CCN(c2ccc(C#N)cc2)CC1=O)C(=O)O. The molecule has 1 fully saturated rings. The van der Waals surface area contributed by atoms with E-state index in [1.54, 1.807) is 24.3 Å². The van der Waals surface area contributed by atoms with Crippen molar-refractivity contribution in [1.29, 1.82) is 5.26 Å². The fraction of sp³-hybridized carbons (Fsp3) is 0.474. The number of piperazine rings is 1. The lowest BCUT2D eigenvalue weighted by Gasteiger charge is -2.35. The van der Waals surface area contributed by atoms with Crippen molar-refractivity contribution in [1.82, 2.24) is 14.9 Å². The first-order valence-electron chi connectivity index (χ1n) is 9.57. The number of nitriles is 1. The number of carbonyl (C=O) groups excluding carboxylic acids is 2. The topological polar surface area (TPSA) is 160 Å². The van der Waals surface area contributed by atoms with Gasteiger partial charge in [0.2, 0.25) is 21.8 Å². The molecule has 0 aromatic heterocycles. The first-order chi connectivity index (χ1) is 14.5. The Labute approximate surface area is 180 Å². The third-order valence-corrected chi connectivity index (χ3v) is 6.60. The van der Waals surface area contributed by atoms with E-state index in [2.05, 4.69) is 5.32 Å². The summed E-state index contributed by atoms with van der Waals surface area (Å²) in [4.78, 5) is 39.1. The molecule has 2 rings (SSSR count). The van der Waals surface area contributed by atoms with E-state index in [1.807, 2.05) is 15.7 Å². The van der Waals surface area contributed by atoms with Crippen LogP contribution in [0.25, 0.3) is 0 Å². The molecule has 168 valence electrons. The number of carboxylic acid groups (broad SMARTS) is 1. The molecule has 1 aliphatic heterocycles. The van der Waals surface area contributed by atoms with Gasteiger partial charge in [-0.3, -0.25) is 14.4 Å². The third kappa shape index (κ3) is 6.66. The second-order valence-electron chi connectivity index (χ2n) is 7.30. The van der Waals surface area contributed by atoms with Crippen LogP contribution >= 0.6 is 0 Å². The zero-order valence-electron chi connectivity index (χ0n) is 17.2. The Balaban J connectivity index is 1.87. The molecule has 0 spiro atoms. The highest BCUT2D eigenvalue weighted by Crippen LogP contribution is 2.17. The Kier molecular flexibility index (Phi) is 7.95. The van der Waals surface area contributed by atoms with Crippen LogP contribution in [0.3, 0.4) is 0 Å². The number of nitrogens with zero attached hydrogens (tertiary/aromatic N) is 3. The third-order valence-electron chi connectivity index (χ3n) is 4.74. The minimum absolute atomic E-state index is 0.0606. The van der Waals surface area contributed by atoms with Gasteiger partial charge in [-0.2, -0.15) is 9.98 Å². The van der Waals surface area contributed by atoms with Gasteiger partial charge in [0, 0.05) is 25.3 Å². The molecule has 1 saturated heterocycles. The smallest absolute Gasteiger partial charge is 0.323 e. The van der Waals surface area contributed by atoms with Gasteiger partial charge >= 0.3 is 5.97 Å². The maximum atomic E-state index is 12.4. The van der Waals surface area contributed by atoms with Crippen LogP contribution in [0.4, 0.5) is 5.69 Å². The number of anilines is 1. The van der Waals surface area contributed by atoms with Gasteiger partial charge in [-0.05, 0) is 38.1 Å². The molecule has 0 unspecified atom stereocenters. The van der Waals surface area contributed by atoms with E-state index in [0.29, 0.717) is 12.1 Å². The molecule has 31 heavy (non-hydrogen) atoms. The fourth-order valence-corrected chi connectivity index (χ4v) is 3.65. The van der Waals surface area contributed by atoms with Gasteiger partial charge in [0.1, 0.15) is 6.04 Å². The van der Waals surface area contributed by atoms with Gasteiger partial charge in [0.25, 0.3) is 0 Å². The number of carboxylic acids is 1. The second kappa shape index (κ2) is 10.2. The van der Waals surface area contributed by atoms with E-state index < -0.39 is 39.7 Å². The highest BCUT2D eigenvalue weighted by molar-refractivity contribution is 7.90. The summed E-state index contributed by atoms with van der Waals surface area (Å²) in [5.41, 5.74) is 1.30. The van der Waals surface area contributed by atoms with E-state index in [-0.39, 0.29) is 25.5 Å². The largest absolute Gasteiger partial charge is 0.480 e. The molecule has 0 bridgehead atoms. The molecule has 1 atom stereocenters. The van der Waals surface area contributed by atoms with Gasteiger partial charge < -0.3 is 20.2 Å². The Morgan fingerprint density at radius 3 is 2.39 bits per heavy atom. The molecular formula is C19H25N5O6S. The summed E-state index contributed by atoms with van der Waals surface area (Å²) in [5, 5.41) is 19.6. The van der Waals surface area contributed by atoms with Gasteiger partial charge in [-0.15, -0.1) is 0 Å². The summed E-state index contributed by atoms with van der Waals surface area (Å²) in [6.07, 6.45) is 0. The van der Waals surface area contributed by atoms with Crippen molar-refractivity contribution in [2.75, 3.05) is 37.6 Å².